The van der Waals surface area contributed by atoms with Crippen LogP contribution in [0.4, 0.5) is 0 Å². The Bertz CT molecular complexity index is 903. The van der Waals surface area contributed by atoms with E-state index in [1.54, 1.807) is 0 Å². The summed E-state index contributed by atoms with van der Waals surface area (Å²) in [5.41, 5.74) is 0. The number of rotatable bonds is 32. The minimum atomic E-state index is -0.781. The van der Waals surface area contributed by atoms with Crippen molar-refractivity contribution in [3.05, 3.63) is 85.1 Å². The van der Waals surface area contributed by atoms with Crippen molar-refractivity contribution in [3.63, 3.8) is 0 Å². The van der Waals surface area contributed by atoms with Gasteiger partial charge in [-0.2, -0.15) is 0 Å². The lowest BCUT2D eigenvalue weighted by Gasteiger charge is -2.14. The van der Waals surface area contributed by atoms with Gasteiger partial charge in [0.05, 0.1) is 0 Å². The Balaban J connectivity index is 4.12. The van der Waals surface area contributed by atoms with Crippen LogP contribution >= 0.6 is 0 Å². The van der Waals surface area contributed by atoms with Crippen LogP contribution < -0.4 is 0 Å². The predicted octanol–water partition coefficient (Wildman–Crippen LogP) is 12.9. The molecule has 0 aromatic rings. The van der Waals surface area contributed by atoms with Gasteiger partial charge in [0.15, 0.2) is 0 Å². The number of esters is 1. The number of aliphatic carboxylic acids is 1. The second-order valence-electron chi connectivity index (χ2n) is 12.0. The molecule has 0 aliphatic heterocycles. The molecule has 260 valence electrons. The molecule has 1 unspecified atom stereocenters. The number of hydrogen-bond acceptors (Lipinski definition) is 3. The van der Waals surface area contributed by atoms with Crippen LogP contribution in [0.15, 0.2) is 85.1 Å². The molecule has 0 aliphatic carbocycles. The van der Waals surface area contributed by atoms with E-state index < -0.39 is 5.97 Å². The summed E-state index contributed by atoms with van der Waals surface area (Å²) in [6, 6.07) is 0. The number of carbonyl (C=O) groups is 2. The summed E-state index contributed by atoms with van der Waals surface area (Å²) in [5.74, 6) is -0.927. The summed E-state index contributed by atoms with van der Waals surface area (Å²) in [6.07, 6.45) is 53.1. The maximum absolute atomic E-state index is 12.5. The molecular weight excluding hydrogens is 568 g/mol. The van der Waals surface area contributed by atoms with Gasteiger partial charge in [-0.15, -0.1) is 0 Å². The number of unbranched alkanes of at least 4 members (excludes halogenated alkanes) is 11. The highest BCUT2D eigenvalue weighted by molar-refractivity contribution is 5.69. The second-order valence-corrected chi connectivity index (χ2v) is 12.0. The summed E-state index contributed by atoms with van der Waals surface area (Å²) in [7, 11) is 0. The molecule has 0 amide bonds. The number of hydrogen-bond donors (Lipinski definition) is 1. The quantitative estimate of drug-likeness (QED) is 0.0453. The predicted molar refractivity (Wildman–Crippen MR) is 199 cm³/mol. The van der Waals surface area contributed by atoms with Gasteiger partial charge < -0.3 is 9.84 Å². The van der Waals surface area contributed by atoms with E-state index in [1.165, 1.54) is 64.2 Å². The Labute approximate surface area is 283 Å². The molecule has 0 aromatic carbocycles. The van der Waals surface area contributed by atoms with E-state index in [1.807, 2.05) is 12.2 Å². The Hall–Kier alpha value is -2.88. The zero-order valence-electron chi connectivity index (χ0n) is 29.6. The van der Waals surface area contributed by atoms with E-state index in [2.05, 4.69) is 86.8 Å². The van der Waals surface area contributed by atoms with Crippen LogP contribution in [0.5, 0.6) is 0 Å². The van der Waals surface area contributed by atoms with Gasteiger partial charge >= 0.3 is 11.9 Å². The van der Waals surface area contributed by atoms with E-state index >= 15 is 0 Å². The molecular formula is C42H68O4. The summed E-state index contributed by atoms with van der Waals surface area (Å²) >= 11 is 0. The first-order valence-corrected chi connectivity index (χ1v) is 18.6. The SMILES string of the molecule is CC/C=C\C/C=C\C/C=C\C/C=C\C/C=C\C(CCCCC(=O)O)OC(=O)CCCCCCCCC/C=C\C/C=C\CCCCC. The van der Waals surface area contributed by atoms with Crippen molar-refractivity contribution in [1.29, 1.82) is 0 Å². The summed E-state index contributed by atoms with van der Waals surface area (Å²) in [5, 5.41) is 8.92. The number of ether oxygens (including phenoxy) is 1. The molecule has 1 N–H and O–H groups in total. The van der Waals surface area contributed by atoms with Crippen LogP contribution in [0.3, 0.4) is 0 Å². The average Bonchev–Trinajstić information content (AvgIpc) is 3.04. The van der Waals surface area contributed by atoms with Gasteiger partial charge in [-0.1, -0.05) is 138 Å². The molecule has 0 fully saturated rings. The van der Waals surface area contributed by atoms with Gasteiger partial charge in [0, 0.05) is 12.8 Å². The highest BCUT2D eigenvalue weighted by Gasteiger charge is 2.11. The van der Waals surface area contributed by atoms with Crippen molar-refractivity contribution in [2.75, 3.05) is 0 Å². The molecule has 0 aliphatic rings. The van der Waals surface area contributed by atoms with Gasteiger partial charge in [-0.05, 0) is 96.0 Å². The largest absolute Gasteiger partial charge is 0.481 e. The summed E-state index contributed by atoms with van der Waals surface area (Å²) in [6.45, 7) is 4.39. The molecule has 46 heavy (non-hydrogen) atoms. The molecule has 0 saturated heterocycles. The van der Waals surface area contributed by atoms with E-state index in [9.17, 15) is 9.59 Å². The van der Waals surface area contributed by atoms with E-state index in [-0.39, 0.29) is 18.5 Å². The molecule has 4 heteroatoms. The van der Waals surface area contributed by atoms with Crippen molar-refractivity contribution in [2.24, 2.45) is 0 Å². The maximum Gasteiger partial charge on any atom is 0.306 e. The van der Waals surface area contributed by atoms with E-state index in [4.69, 9.17) is 9.84 Å². The van der Waals surface area contributed by atoms with Crippen LogP contribution in [-0.4, -0.2) is 23.1 Å². The highest BCUT2D eigenvalue weighted by Crippen LogP contribution is 2.14. The smallest absolute Gasteiger partial charge is 0.306 e. The first kappa shape index (κ1) is 43.1. The number of carboxylic acid groups (broad SMARTS) is 1. The lowest BCUT2D eigenvalue weighted by Crippen LogP contribution is -2.16. The van der Waals surface area contributed by atoms with Gasteiger partial charge in [0.1, 0.15) is 6.10 Å². The van der Waals surface area contributed by atoms with Gasteiger partial charge in [0.2, 0.25) is 0 Å². The second kappa shape index (κ2) is 36.6. The van der Waals surface area contributed by atoms with E-state index in [0.29, 0.717) is 19.3 Å². The average molecular weight is 637 g/mol. The normalized spacial score (nSPS) is 13.3. The summed E-state index contributed by atoms with van der Waals surface area (Å²) < 4.78 is 5.77. The molecule has 0 saturated carbocycles. The van der Waals surface area contributed by atoms with Crippen LogP contribution in [0.2, 0.25) is 0 Å². The molecule has 0 bridgehead atoms. The molecule has 0 aromatic heterocycles. The standard InChI is InChI=1S/C42H68O4/c1-3-5-7-9-11-13-15-17-19-20-21-23-25-27-29-31-33-39-42(45)46-40(37-34-35-38-41(43)44)36-32-30-28-26-24-22-18-16-14-12-10-8-6-4-2/h6,8,11-14,17-19,22,26,28,32,36,40H,3-5,7,9-10,15-16,20-21,23-25,27,29-31,33-35,37-39H2,1-2H3,(H,43,44)/b8-6-,13-11-,14-12-,19-17-,22-18-,28-26-,36-32-. The third kappa shape index (κ3) is 35.6. The number of carboxylic acids is 1. The van der Waals surface area contributed by atoms with Crippen molar-refractivity contribution in [1.82, 2.24) is 0 Å². The van der Waals surface area contributed by atoms with Gasteiger partial charge in [0.25, 0.3) is 0 Å². The third-order valence-electron chi connectivity index (χ3n) is 7.59. The van der Waals surface area contributed by atoms with Gasteiger partial charge in [-0.25, -0.2) is 0 Å². The topological polar surface area (TPSA) is 63.6 Å². The molecule has 1 atom stereocenters. The molecule has 0 heterocycles. The Morgan fingerprint density at radius 3 is 1.52 bits per heavy atom. The Morgan fingerprint density at radius 1 is 0.522 bits per heavy atom. The van der Waals surface area contributed by atoms with Crippen molar-refractivity contribution < 1.29 is 19.4 Å². The minimum absolute atomic E-state index is 0.147. The van der Waals surface area contributed by atoms with Crippen LogP contribution in [0, 0.1) is 0 Å². The lowest BCUT2D eigenvalue weighted by atomic mass is 10.1. The van der Waals surface area contributed by atoms with Crippen molar-refractivity contribution in [2.45, 2.75) is 168 Å². The summed E-state index contributed by atoms with van der Waals surface area (Å²) in [4.78, 5) is 23.4. The fraction of sp³-hybridized carbons (Fsp3) is 0.619. The molecule has 4 nitrogen and oxygen atoms in total. The molecule has 0 spiro atoms. The van der Waals surface area contributed by atoms with Crippen molar-refractivity contribution in [3.8, 4) is 0 Å². The lowest BCUT2D eigenvalue weighted by molar-refractivity contribution is -0.147. The molecule has 0 rings (SSSR count). The third-order valence-corrected chi connectivity index (χ3v) is 7.59. The van der Waals surface area contributed by atoms with Crippen LogP contribution in [0.1, 0.15) is 162 Å². The Morgan fingerprint density at radius 2 is 0.978 bits per heavy atom. The zero-order valence-corrected chi connectivity index (χ0v) is 29.6. The zero-order chi connectivity index (χ0) is 33.6. The molecule has 0 radical (unpaired) electrons. The number of carbonyl (C=O) groups excluding carboxylic acids is 1. The minimum Gasteiger partial charge on any atom is -0.481 e. The monoisotopic (exact) mass is 637 g/mol. The maximum atomic E-state index is 12.5. The van der Waals surface area contributed by atoms with Crippen LogP contribution in [0.25, 0.3) is 0 Å². The van der Waals surface area contributed by atoms with Crippen molar-refractivity contribution >= 4 is 11.9 Å². The van der Waals surface area contributed by atoms with Gasteiger partial charge in [-0.3, -0.25) is 9.59 Å². The first-order valence-electron chi connectivity index (χ1n) is 18.6. The van der Waals surface area contributed by atoms with E-state index in [0.717, 1.165) is 57.8 Å². The van der Waals surface area contributed by atoms with Crippen LogP contribution in [-0.2, 0) is 14.3 Å². The Kier molecular flexibility index (Phi) is 34.3. The fourth-order valence-corrected chi connectivity index (χ4v) is 4.86. The number of allylic oxidation sites excluding steroid dienone is 13. The fourth-order valence-electron chi connectivity index (χ4n) is 4.86. The highest BCUT2D eigenvalue weighted by atomic mass is 16.5. The first-order chi connectivity index (χ1) is 22.6.